The summed E-state index contributed by atoms with van der Waals surface area (Å²) in [5.41, 5.74) is 10.7. The smallest absolute Gasteiger partial charge is 0.303 e. The average molecular weight is 1460 g/mol. The number of likely N-dealkylation sites (tertiary alicyclic amines) is 1. The van der Waals surface area contributed by atoms with Crippen molar-refractivity contribution in [3.8, 4) is 0 Å². The van der Waals surface area contributed by atoms with E-state index in [0.717, 1.165) is 46.4 Å². The van der Waals surface area contributed by atoms with Crippen LogP contribution in [0.5, 0.6) is 0 Å². The number of thiocarbonyl (C=S) groups is 2. The first-order valence-electron chi connectivity index (χ1n) is 31.8. The minimum absolute atomic E-state index is 0.0283. The summed E-state index contributed by atoms with van der Waals surface area (Å²) in [7, 11) is 0. The number of esters is 5. The Morgan fingerprint density at radius 1 is 0.550 bits per heavy atom. The first-order valence-corrected chi connectivity index (χ1v) is 32.6. The fraction of sp³-hybridized carbons (Fsp3) is 0.700. The highest BCUT2D eigenvalue weighted by atomic mass is 32.1. The molecule has 40 heteroatoms. The first kappa shape index (κ1) is 85.4. The summed E-state index contributed by atoms with van der Waals surface area (Å²) < 4.78 is 53.8. The Hall–Kier alpha value is -8.86. The summed E-state index contributed by atoms with van der Waals surface area (Å²) in [6, 6.07) is -12.3. The molecule has 0 spiro atoms. The Labute approximate surface area is 586 Å². The van der Waals surface area contributed by atoms with Gasteiger partial charge in [-0.1, -0.05) is 38.3 Å². The predicted molar refractivity (Wildman–Crippen MR) is 349 cm³/mol. The van der Waals surface area contributed by atoms with E-state index in [-0.39, 0.29) is 41.7 Å². The van der Waals surface area contributed by atoms with Gasteiger partial charge < -0.3 is 112 Å². The zero-order valence-electron chi connectivity index (χ0n) is 57.4. The van der Waals surface area contributed by atoms with Gasteiger partial charge in [-0.15, -0.1) is 0 Å². The number of carbonyl (C=O) groups is 16. The Morgan fingerprint density at radius 3 is 1.55 bits per heavy atom. The molecule has 100 heavy (non-hydrogen) atoms. The molecule has 0 bridgehead atoms. The molecule has 3 heterocycles. The molecule has 0 aromatic heterocycles. The highest BCUT2D eigenvalue weighted by Crippen LogP contribution is 2.33. The molecule has 3 aliphatic heterocycles. The Kier molecular flexibility index (Phi) is 35.0. The van der Waals surface area contributed by atoms with Crippen LogP contribution < -0.4 is 59.3 Å². The van der Waals surface area contributed by atoms with Gasteiger partial charge >= 0.3 is 35.8 Å². The van der Waals surface area contributed by atoms with Crippen molar-refractivity contribution in [1.29, 1.82) is 0 Å². The average Bonchev–Trinajstić information content (AvgIpc) is 0.931. The quantitative estimate of drug-likeness (QED) is 0.0158. The third-order valence-corrected chi connectivity index (χ3v) is 15.2. The molecule has 0 radical (unpaired) electrons. The number of rotatable bonds is 37. The normalized spacial score (nSPS) is 23.4. The molecular formula is C60H92N12O26S2. The van der Waals surface area contributed by atoms with E-state index in [0.29, 0.717) is 6.42 Å². The third-order valence-electron chi connectivity index (χ3n) is 15.0. The van der Waals surface area contributed by atoms with Gasteiger partial charge in [0, 0.05) is 60.9 Å². The van der Waals surface area contributed by atoms with Gasteiger partial charge in [-0.2, -0.15) is 0 Å². The van der Waals surface area contributed by atoms with Crippen molar-refractivity contribution in [1.82, 2.24) is 52.8 Å². The minimum Gasteiger partial charge on any atom is -0.481 e. The number of nitrogens with two attached hydrogens (primary N) is 2. The molecule has 0 saturated carbocycles. The van der Waals surface area contributed by atoms with E-state index in [1.165, 1.54) is 27.7 Å². The molecule has 10 amide bonds. The number of primary amides is 2. The molecule has 3 rings (SSSR count). The highest BCUT2D eigenvalue weighted by molar-refractivity contribution is 7.80. The lowest BCUT2D eigenvalue weighted by Crippen LogP contribution is -2.69. The lowest BCUT2D eigenvalue weighted by atomic mass is 9.95. The number of hydrogen-bond donors (Lipinski definition) is 12. The molecule has 0 aliphatic carbocycles. The zero-order chi connectivity index (χ0) is 75.6. The van der Waals surface area contributed by atoms with Crippen molar-refractivity contribution in [3.63, 3.8) is 0 Å². The van der Waals surface area contributed by atoms with E-state index in [1.807, 2.05) is 0 Å². The molecule has 560 valence electrons. The molecule has 17 atom stereocenters. The molecule has 0 unspecified atom stereocenters. The largest absolute Gasteiger partial charge is 0.481 e. The lowest BCUT2D eigenvalue weighted by Gasteiger charge is -2.48. The van der Waals surface area contributed by atoms with E-state index in [4.69, 9.17) is 78.5 Å². The summed E-state index contributed by atoms with van der Waals surface area (Å²) in [6.45, 7) is 12.2. The number of amides is 10. The summed E-state index contributed by atoms with van der Waals surface area (Å²) in [5, 5.41) is 32.0. The molecule has 38 nitrogen and oxygen atoms in total. The van der Waals surface area contributed by atoms with Crippen LogP contribution in [0.2, 0.25) is 0 Å². The van der Waals surface area contributed by atoms with Gasteiger partial charge in [-0.25, -0.2) is 0 Å². The summed E-state index contributed by atoms with van der Waals surface area (Å²) in [6.07, 6.45) is -16.4. The third kappa shape index (κ3) is 28.8. The van der Waals surface area contributed by atoms with Crippen LogP contribution >= 0.6 is 24.4 Å². The molecule has 3 saturated heterocycles. The fourth-order valence-corrected chi connectivity index (χ4v) is 11.0. The number of carbonyl (C=O) groups excluding carboxylic acids is 15. The second kappa shape index (κ2) is 41.0. The summed E-state index contributed by atoms with van der Waals surface area (Å²) >= 11 is 10.8. The van der Waals surface area contributed by atoms with E-state index < -0.39 is 244 Å². The van der Waals surface area contributed by atoms with Crippen LogP contribution in [0.3, 0.4) is 0 Å². The minimum atomic E-state index is -2.07. The second-order valence-electron chi connectivity index (χ2n) is 24.1. The van der Waals surface area contributed by atoms with Gasteiger partial charge in [0.2, 0.25) is 59.1 Å². The van der Waals surface area contributed by atoms with Crippen LogP contribution in [0, 0.1) is 5.92 Å². The zero-order valence-corrected chi connectivity index (χ0v) is 59.1. The molecule has 14 N–H and O–H groups in total. The molecular weight excluding hydrogens is 1370 g/mol. The van der Waals surface area contributed by atoms with E-state index in [1.54, 1.807) is 13.8 Å². The maximum absolute atomic E-state index is 15.1. The van der Waals surface area contributed by atoms with Crippen LogP contribution in [0.1, 0.15) is 128 Å². The van der Waals surface area contributed by atoms with E-state index in [2.05, 4.69) is 47.9 Å². The van der Waals surface area contributed by atoms with E-state index >= 15 is 4.79 Å². The van der Waals surface area contributed by atoms with Gasteiger partial charge in [0.1, 0.15) is 67.1 Å². The van der Waals surface area contributed by atoms with Gasteiger partial charge in [0.05, 0.1) is 35.8 Å². The number of nitrogens with one attached hydrogen (secondary N) is 9. The van der Waals surface area contributed by atoms with Crippen LogP contribution in [0.25, 0.3) is 0 Å². The summed E-state index contributed by atoms with van der Waals surface area (Å²) in [4.78, 5) is 210. The molecule has 0 aromatic carbocycles. The van der Waals surface area contributed by atoms with Crippen molar-refractivity contribution in [2.24, 2.45) is 17.4 Å². The van der Waals surface area contributed by atoms with Crippen molar-refractivity contribution in [2.75, 3.05) is 32.8 Å². The Bertz CT molecular complexity index is 3040. The van der Waals surface area contributed by atoms with Crippen molar-refractivity contribution in [3.05, 3.63) is 0 Å². The van der Waals surface area contributed by atoms with Gasteiger partial charge in [0.25, 0.3) is 0 Å². The number of nitrogens with zero attached hydrogens (tertiary/aromatic N) is 1. The molecule has 0 aromatic rings. The van der Waals surface area contributed by atoms with Crippen LogP contribution in [0.15, 0.2) is 0 Å². The maximum Gasteiger partial charge on any atom is 0.303 e. The van der Waals surface area contributed by atoms with Crippen LogP contribution in [-0.4, -0.2) is 251 Å². The SMILES string of the molecule is CC(=O)N[C@@H](CCC(=O)O)C(=O)N[C@@H](CC(C)C)C(=O)N[C@@H](C)C(=O)N[C@H](C(=O)N[C@@H](CCC(N)=O)C(=O)NCC(=O)N1CCC[C@H]1C(=O)NCC(N)=O)[C@@H](C)O[C@H]1O[C@H](CO[C@H]2O[C@H](COC(C)=O)[C@H](OC(C)=O)[C@H](OC(C)=O)[C@H]2NC(C)=S)[C@H](OC(C)=O)[C@H](OC(C)=O)[C@H]1NC(C)=S. The van der Waals surface area contributed by atoms with Crippen molar-refractivity contribution < 1.29 is 124 Å². The number of ether oxygens (including phenoxy) is 9. The van der Waals surface area contributed by atoms with Crippen molar-refractivity contribution in [2.45, 2.75) is 232 Å². The predicted octanol–water partition coefficient (Wildman–Crippen LogP) is -4.89. The van der Waals surface area contributed by atoms with Crippen LogP contribution in [0.4, 0.5) is 0 Å². The molecule has 3 aliphatic rings. The molecule has 3 fully saturated rings. The monoisotopic (exact) mass is 1460 g/mol. The second-order valence-corrected chi connectivity index (χ2v) is 25.3. The number of carboxylic acids is 1. The van der Waals surface area contributed by atoms with Gasteiger partial charge in [-0.3, -0.25) is 76.7 Å². The number of hydrogen-bond acceptors (Lipinski definition) is 27. The van der Waals surface area contributed by atoms with Crippen molar-refractivity contribution >= 4 is 129 Å². The first-order chi connectivity index (χ1) is 46.7. The van der Waals surface area contributed by atoms with Crippen LogP contribution in [-0.2, 0) is 119 Å². The lowest BCUT2D eigenvalue weighted by molar-refractivity contribution is -0.311. The fourth-order valence-electron chi connectivity index (χ4n) is 10.8. The number of aliphatic carboxylic acids is 1. The Balaban J connectivity index is 2.25. The number of carboxylic acid groups (broad SMARTS) is 1. The Morgan fingerprint density at radius 2 is 1.05 bits per heavy atom. The van der Waals surface area contributed by atoms with Gasteiger partial charge in [-0.05, 0) is 65.7 Å². The summed E-state index contributed by atoms with van der Waals surface area (Å²) in [5.74, 6) is -15.6. The standard InChI is InChI=1S/C60H92N12O26S2/c1-25(2)20-38(70-55(86)37(66-28(5)73)16-18-45(82)83)56(87)65-26(3)53(84)71-46(58(89)69-36(15-17-42(61)79)54(85)64-22-44(81)72-19-13-14-39(72)57(88)63-21-43(62)80)27(4)92-60-48(68-30(7)100)52(96-35(12)78)50(94-33(10)76)41(98-60)24-91-59-47(67-29(6)99)51(95-34(11)77)49(93-32(9)75)40(97-59)23-90-31(8)74/h25-27,36-41,46-52,59-60H,13-24H2,1-12H3,(H2,61,79)(H2,62,80)(H,63,88)(H,64,85)(H,65,87)(H,66,73)(H,67,99)(H,68,100)(H,69,89)(H,70,86)(H,71,84)(H,82,83)/t26-,27+,36-,37-,38-,39-,40+,41+,46-,47+,48+,49-,50-,51+,52+,59-,60-/m0/s1. The topological polar surface area (TPSA) is 540 Å². The van der Waals surface area contributed by atoms with E-state index in [9.17, 15) is 77.0 Å². The highest BCUT2D eigenvalue weighted by Gasteiger charge is 2.55. The van der Waals surface area contributed by atoms with Gasteiger partial charge in [0.15, 0.2) is 37.0 Å². The maximum atomic E-state index is 15.1.